The zero-order chi connectivity index (χ0) is 19.4. The molecule has 27 heavy (non-hydrogen) atoms. The summed E-state index contributed by atoms with van der Waals surface area (Å²) in [5, 5.41) is 15.0. The summed E-state index contributed by atoms with van der Waals surface area (Å²) < 4.78 is 31.0. The van der Waals surface area contributed by atoms with E-state index in [9.17, 15) is 23.5 Å². The largest absolute Gasteiger partial charge is 0.447 e. The van der Waals surface area contributed by atoms with Crippen molar-refractivity contribution in [2.75, 3.05) is 29.9 Å². The third-order valence-electron chi connectivity index (χ3n) is 3.96. The Kier molecular flexibility index (Phi) is 5.51. The van der Waals surface area contributed by atoms with Gasteiger partial charge in [-0.05, 0) is 35.9 Å². The lowest BCUT2D eigenvalue weighted by atomic mass is 10.1. The lowest BCUT2D eigenvalue weighted by Crippen LogP contribution is -2.32. The molecule has 1 heterocycles. The summed E-state index contributed by atoms with van der Waals surface area (Å²) in [7, 11) is 0. The standard InChI is InChI=1S/C18H17F2N3O4/c19-14-5-4-11(8-15(14)20)16(24)10-21-17(25)22-12-2-1-3-13(9-12)23-6-7-27-18(23)26/h1-5,8-9,16,24H,6-7,10H2,(H2,21,22,25). The van der Waals surface area contributed by atoms with Crippen molar-refractivity contribution in [1.29, 1.82) is 0 Å². The molecule has 7 nitrogen and oxygen atoms in total. The van der Waals surface area contributed by atoms with Crippen LogP contribution in [0.5, 0.6) is 0 Å². The second-order valence-electron chi connectivity index (χ2n) is 5.84. The van der Waals surface area contributed by atoms with Gasteiger partial charge in [0, 0.05) is 17.9 Å². The lowest BCUT2D eigenvalue weighted by molar-refractivity contribution is 0.174. The number of halogens is 2. The van der Waals surface area contributed by atoms with Crippen LogP contribution >= 0.6 is 0 Å². The molecule has 2 aromatic carbocycles. The van der Waals surface area contributed by atoms with Crippen LogP contribution < -0.4 is 15.5 Å². The summed E-state index contributed by atoms with van der Waals surface area (Å²) in [6.45, 7) is 0.531. The van der Waals surface area contributed by atoms with Crippen LogP contribution in [0, 0.1) is 11.6 Å². The van der Waals surface area contributed by atoms with Crippen molar-refractivity contribution in [2.45, 2.75) is 6.10 Å². The summed E-state index contributed by atoms with van der Waals surface area (Å²) in [6, 6.07) is 9.05. The maximum absolute atomic E-state index is 13.2. The molecule has 0 aliphatic carbocycles. The second kappa shape index (κ2) is 8.00. The molecule has 0 radical (unpaired) electrons. The maximum atomic E-state index is 13.2. The van der Waals surface area contributed by atoms with Crippen molar-refractivity contribution in [1.82, 2.24) is 5.32 Å². The maximum Gasteiger partial charge on any atom is 0.414 e. The molecular weight excluding hydrogens is 360 g/mol. The molecule has 3 amide bonds. The average Bonchev–Trinajstić information content (AvgIpc) is 3.08. The number of hydrogen-bond donors (Lipinski definition) is 3. The van der Waals surface area contributed by atoms with Crippen LogP contribution in [-0.4, -0.2) is 36.9 Å². The third-order valence-corrected chi connectivity index (χ3v) is 3.96. The van der Waals surface area contributed by atoms with Gasteiger partial charge < -0.3 is 20.5 Å². The minimum atomic E-state index is -1.20. The van der Waals surface area contributed by atoms with Gasteiger partial charge in [-0.25, -0.2) is 18.4 Å². The molecule has 0 spiro atoms. The van der Waals surface area contributed by atoms with Gasteiger partial charge in [0.1, 0.15) is 6.61 Å². The molecule has 0 aromatic heterocycles. The predicted octanol–water partition coefficient (Wildman–Crippen LogP) is 2.78. The topological polar surface area (TPSA) is 90.9 Å². The molecule has 0 saturated carbocycles. The van der Waals surface area contributed by atoms with E-state index in [1.807, 2.05) is 0 Å². The van der Waals surface area contributed by atoms with Crippen molar-refractivity contribution in [3.05, 3.63) is 59.7 Å². The number of urea groups is 1. The Morgan fingerprint density at radius 2 is 2.04 bits per heavy atom. The van der Waals surface area contributed by atoms with Crippen LogP contribution in [0.15, 0.2) is 42.5 Å². The number of carbonyl (C=O) groups excluding carboxylic acids is 2. The molecule has 0 bridgehead atoms. The number of cyclic esters (lactones) is 1. The number of carbonyl (C=O) groups is 2. The Morgan fingerprint density at radius 3 is 2.74 bits per heavy atom. The van der Waals surface area contributed by atoms with Crippen LogP contribution in [0.25, 0.3) is 0 Å². The summed E-state index contributed by atoms with van der Waals surface area (Å²) in [5.41, 5.74) is 1.16. The highest BCUT2D eigenvalue weighted by Gasteiger charge is 2.23. The van der Waals surface area contributed by atoms with Gasteiger partial charge in [-0.15, -0.1) is 0 Å². The molecule has 1 atom stereocenters. The van der Waals surface area contributed by atoms with E-state index in [0.717, 1.165) is 12.1 Å². The molecule has 1 aliphatic rings. The number of aliphatic hydroxyl groups excluding tert-OH is 1. The monoisotopic (exact) mass is 377 g/mol. The first kappa shape index (κ1) is 18.6. The van der Waals surface area contributed by atoms with Crippen molar-refractivity contribution >= 4 is 23.5 Å². The minimum Gasteiger partial charge on any atom is -0.447 e. The number of amides is 3. The number of aliphatic hydroxyl groups is 1. The summed E-state index contributed by atoms with van der Waals surface area (Å²) in [5.74, 6) is -2.09. The minimum absolute atomic E-state index is 0.142. The Labute approximate surface area is 153 Å². The van der Waals surface area contributed by atoms with Gasteiger partial charge in [-0.3, -0.25) is 4.90 Å². The molecule has 142 valence electrons. The number of anilines is 2. The fourth-order valence-corrected chi connectivity index (χ4v) is 2.58. The molecular formula is C18H17F2N3O4. The number of benzene rings is 2. The van der Waals surface area contributed by atoms with Gasteiger partial charge in [-0.2, -0.15) is 0 Å². The van der Waals surface area contributed by atoms with Gasteiger partial charge in [0.2, 0.25) is 0 Å². The van der Waals surface area contributed by atoms with Crippen LogP contribution in [0.2, 0.25) is 0 Å². The van der Waals surface area contributed by atoms with Gasteiger partial charge in [0.05, 0.1) is 12.6 Å². The van der Waals surface area contributed by atoms with Crippen molar-refractivity contribution in [2.24, 2.45) is 0 Å². The summed E-state index contributed by atoms with van der Waals surface area (Å²) >= 11 is 0. The van der Waals surface area contributed by atoms with Crippen LogP contribution in [-0.2, 0) is 4.74 Å². The number of rotatable bonds is 5. The van der Waals surface area contributed by atoms with Crippen LogP contribution in [0.3, 0.4) is 0 Å². The van der Waals surface area contributed by atoms with E-state index in [0.29, 0.717) is 24.5 Å². The molecule has 1 fully saturated rings. The Bertz CT molecular complexity index is 862. The highest BCUT2D eigenvalue weighted by Crippen LogP contribution is 2.22. The second-order valence-corrected chi connectivity index (χ2v) is 5.84. The number of nitrogens with zero attached hydrogens (tertiary/aromatic N) is 1. The van der Waals surface area contributed by atoms with Gasteiger partial charge in [0.15, 0.2) is 11.6 Å². The van der Waals surface area contributed by atoms with E-state index in [1.54, 1.807) is 24.3 Å². The normalized spacial score (nSPS) is 14.6. The number of nitrogens with one attached hydrogen (secondary N) is 2. The fourth-order valence-electron chi connectivity index (χ4n) is 2.58. The zero-order valence-corrected chi connectivity index (χ0v) is 14.1. The molecule has 3 N–H and O–H groups in total. The van der Waals surface area contributed by atoms with Gasteiger partial charge >= 0.3 is 12.1 Å². The van der Waals surface area contributed by atoms with Crippen molar-refractivity contribution in [3.8, 4) is 0 Å². The van der Waals surface area contributed by atoms with E-state index in [2.05, 4.69) is 10.6 Å². The molecule has 3 rings (SSSR count). The first-order valence-electron chi connectivity index (χ1n) is 8.16. The summed E-state index contributed by atoms with van der Waals surface area (Å²) in [6.07, 6.45) is -1.65. The van der Waals surface area contributed by atoms with E-state index < -0.39 is 29.9 Å². The SMILES string of the molecule is O=C(NCC(O)c1ccc(F)c(F)c1)Nc1cccc(N2CCOC2=O)c1. The van der Waals surface area contributed by atoms with Crippen molar-refractivity contribution < 1.29 is 28.2 Å². The van der Waals surface area contributed by atoms with Crippen molar-refractivity contribution in [3.63, 3.8) is 0 Å². The van der Waals surface area contributed by atoms with E-state index in [4.69, 9.17) is 4.74 Å². The number of ether oxygens (including phenoxy) is 1. The van der Waals surface area contributed by atoms with E-state index in [1.165, 1.54) is 11.0 Å². The zero-order valence-electron chi connectivity index (χ0n) is 14.1. The number of hydrogen-bond acceptors (Lipinski definition) is 4. The molecule has 1 aliphatic heterocycles. The molecule has 9 heteroatoms. The van der Waals surface area contributed by atoms with Gasteiger partial charge in [0.25, 0.3) is 0 Å². The molecule has 1 unspecified atom stereocenters. The lowest BCUT2D eigenvalue weighted by Gasteiger charge is -2.15. The molecule has 1 saturated heterocycles. The predicted molar refractivity (Wildman–Crippen MR) is 93.5 cm³/mol. The Morgan fingerprint density at radius 1 is 1.22 bits per heavy atom. The average molecular weight is 377 g/mol. The van der Waals surface area contributed by atoms with Crippen LogP contribution in [0.1, 0.15) is 11.7 Å². The quantitative estimate of drug-likeness (QED) is 0.747. The van der Waals surface area contributed by atoms with Gasteiger partial charge in [-0.1, -0.05) is 12.1 Å². The first-order valence-corrected chi connectivity index (χ1v) is 8.16. The smallest absolute Gasteiger partial charge is 0.414 e. The highest BCUT2D eigenvalue weighted by molar-refractivity contribution is 5.93. The third kappa shape index (κ3) is 4.50. The Balaban J connectivity index is 1.56. The Hall–Kier alpha value is -3.20. The molecule has 2 aromatic rings. The van der Waals surface area contributed by atoms with E-state index in [-0.39, 0.29) is 12.1 Å². The van der Waals surface area contributed by atoms with E-state index >= 15 is 0 Å². The summed E-state index contributed by atoms with van der Waals surface area (Å²) in [4.78, 5) is 25.0. The first-order chi connectivity index (χ1) is 12.9. The fraction of sp³-hybridized carbons (Fsp3) is 0.222. The highest BCUT2D eigenvalue weighted by atomic mass is 19.2. The van der Waals surface area contributed by atoms with Crippen LogP contribution in [0.4, 0.5) is 29.7 Å².